The Kier molecular flexibility index (Phi) is 8.21. The molecule has 2 fully saturated rings. The Morgan fingerprint density at radius 3 is 1.51 bits per heavy atom. The highest BCUT2D eigenvalue weighted by atomic mass is 32.3. The van der Waals surface area contributed by atoms with E-state index in [1.54, 1.807) is 0 Å². The van der Waals surface area contributed by atoms with Gasteiger partial charge in [-0.25, -0.2) is 0 Å². The third kappa shape index (κ3) is 5.87. The fourth-order valence-electron chi connectivity index (χ4n) is 6.18. The lowest BCUT2D eigenvalue weighted by Gasteiger charge is -2.45. The van der Waals surface area contributed by atoms with Crippen LogP contribution in [0, 0.1) is 16.7 Å². The zero-order chi connectivity index (χ0) is 28.5. The second-order valence-electron chi connectivity index (χ2n) is 12.1. The largest absolute Gasteiger partial charge is 0.318 e. The fourth-order valence-corrected chi connectivity index (χ4v) is 11.0. The number of ketones is 1. The highest BCUT2D eigenvalue weighted by Crippen LogP contribution is 2.70. The Balaban J connectivity index is 0.000000202. The molecule has 2 aliphatic rings. The second-order valence-corrected chi connectivity index (χ2v) is 16.2. The molecule has 0 aromatic heterocycles. The van der Waals surface area contributed by atoms with E-state index in [1.165, 1.54) is 14.7 Å². The van der Waals surface area contributed by atoms with Crippen molar-refractivity contribution in [3.05, 3.63) is 91.0 Å². The summed E-state index contributed by atoms with van der Waals surface area (Å²) in [7, 11) is -5.87. The van der Waals surface area contributed by atoms with E-state index in [0.29, 0.717) is 12.8 Å². The van der Waals surface area contributed by atoms with E-state index in [2.05, 4.69) is 112 Å². The number of fused-ring (bicyclic) bond motifs is 2. The molecular formula is C32H40O5S2. The number of hydrogen-bond acceptors (Lipinski definition) is 4. The van der Waals surface area contributed by atoms with Gasteiger partial charge in [0.2, 0.25) is 0 Å². The lowest BCUT2D eigenvalue weighted by atomic mass is 9.70. The summed E-state index contributed by atoms with van der Waals surface area (Å²) in [5.74, 6) is -0.101. The molecule has 0 saturated heterocycles. The van der Waals surface area contributed by atoms with Crippen molar-refractivity contribution < 1.29 is 21.9 Å². The lowest BCUT2D eigenvalue weighted by Crippen LogP contribution is -2.42. The zero-order valence-electron chi connectivity index (χ0n) is 23.5. The summed E-state index contributed by atoms with van der Waals surface area (Å²) in [5, 5.41) is 0. The molecular weight excluding hydrogens is 528 g/mol. The first-order chi connectivity index (χ1) is 18.2. The van der Waals surface area contributed by atoms with Gasteiger partial charge in [-0.1, -0.05) is 78.8 Å². The quantitative estimate of drug-likeness (QED) is 0.305. The van der Waals surface area contributed by atoms with Gasteiger partial charge in [-0.05, 0) is 81.3 Å². The van der Waals surface area contributed by atoms with E-state index in [4.69, 9.17) is 8.74 Å². The number of benzene rings is 3. The van der Waals surface area contributed by atoms with Crippen LogP contribution >= 0.6 is 10.3 Å². The molecule has 5 nitrogen and oxygen atoms in total. The maximum Gasteiger partial charge on any atom is 0.265 e. The van der Waals surface area contributed by atoms with E-state index in [-0.39, 0.29) is 22.7 Å². The van der Waals surface area contributed by atoms with Crippen LogP contribution in [0.4, 0.5) is 0 Å². The first kappa shape index (κ1) is 29.5. The summed E-state index contributed by atoms with van der Waals surface area (Å²) in [6.07, 6.45) is 1.97. The lowest BCUT2D eigenvalue weighted by molar-refractivity contribution is -0.128. The van der Waals surface area contributed by atoms with Crippen LogP contribution in [0.1, 0.15) is 53.9 Å². The molecule has 1 N–H and O–H groups in total. The second kappa shape index (κ2) is 10.8. The van der Waals surface area contributed by atoms with Crippen molar-refractivity contribution in [3.63, 3.8) is 0 Å². The van der Waals surface area contributed by atoms with Crippen LogP contribution in [0.25, 0.3) is 0 Å². The third-order valence-corrected chi connectivity index (χ3v) is 12.6. The summed E-state index contributed by atoms with van der Waals surface area (Å²) in [4.78, 5) is 15.5. The molecule has 3 aromatic carbocycles. The van der Waals surface area contributed by atoms with Gasteiger partial charge < -0.3 is 4.18 Å². The monoisotopic (exact) mass is 568 g/mol. The van der Waals surface area contributed by atoms with Crippen molar-refractivity contribution in [3.8, 4) is 0 Å². The summed E-state index contributed by atoms with van der Waals surface area (Å²) in [5.41, 5.74) is -1.39. The average molecular weight is 569 g/mol. The Morgan fingerprint density at radius 2 is 1.23 bits per heavy atom. The minimum atomic E-state index is -4.08. The van der Waals surface area contributed by atoms with Crippen LogP contribution in [-0.4, -0.2) is 30.1 Å². The van der Waals surface area contributed by atoms with Gasteiger partial charge in [0.05, 0.1) is 16.8 Å². The molecule has 5 rings (SSSR count). The summed E-state index contributed by atoms with van der Waals surface area (Å²) in [6.45, 7) is 10.3. The van der Waals surface area contributed by atoms with Crippen LogP contribution in [0.5, 0.6) is 0 Å². The number of carbonyl (C=O) groups excluding carboxylic acids is 1. The molecule has 0 spiro atoms. The molecule has 2 atom stereocenters. The van der Waals surface area contributed by atoms with Crippen molar-refractivity contribution in [1.82, 2.24) is 0 Å². The van der Waals surface area contributed by atoms with Crippen molar-refractivity contribution in [2.45, 2.75) is 74.2 Å². The molecule has 0 aliphatic heterocycles. The summed E-state index contributed by atoms with van der Waals surface area (Å²) < 4.78 is 37.8. The summed E-state index contributed by atoms with van der Waals surface area (Å²) >= 11 is 0. The van der Waals surface area contributed by atoms with Crippen LogP contribution in [0.3, 0.4) is 0 Å². The Morgan fingerprint density at radius 1 is 0.821 bits per heavy atom. The minimum absolute atomic E-state index is 0.0152. The van der Waals surface area contributed by atoms with E-state index < -0.39 is 31.6 Å². The predicted molar refractivity (Wildman–Crippen MR) is 158 cm³/mol. The highest BCUT2D eigenvalue weighted by molar-refractivity contribution is 8.30. The molecule has 0 radical (unpaired) electrons. The number of carbonyl (C=O) groups is 1. The van der Waals surface area contributed by atoms with Crippen molar-refractivity contribution in [2.24, 2.45) is 16.7 Å². The standard InChI is InChI=1S/C22H24OS.C10H16O4S/c1-22(2,3)23-24(19-13-7-4-8-14-19,20-15-9-5-10-16-20)21-17-11-6-12-18-21;1-9(2)7-3-4-10(9,8(11)5-7)6-15(12,13)14/h4-18H,1-3H3;7H,3-6H2,1-2H3,(H,12,13,14). The van der Waals surface area contributed by atoms with Crippen LogP contribution < -0.4 is 0 Å². The van der Waals surface area contributed by atoms with Crippen LogP contribution in [0.2, 0.25) is 0 Å². The smallest absolute Gasteiger partial charge is 0.265 e. The first-order valence-electron chi connectivity index (χ1n) is 13.4. The van der Waals surface area contributed by atoms with Crippen molar-refractivity contribution in [1.29, 1.82) is 0 Å². The number of Topliss-reactive ketones (excluding diaryl/α,β-unsaturated/α-hetero) is 1. The Labute approximate surface area is 235 Å². The maximum absolute atomic E-state index is 11.9. The van der Waals surface area contributed by atoms with Gasteiger partial charge in [0.25, 0.3) is 10.1 Å². The SMILES string of the molecule is CC(C)(C)OS(c1ccccc1)(c1ccccc1)c1ccccc1.CC1(C)C2CCC1(CS(=O)(=O)O)C(=O)C2. The van der Waals surface area contributed by atoms with Gasteiger partial charge in [-0.3, -0.25) is 9.35 Å². The topological polar surface area (TPSA) is 80.7 Å². The highest BCUT2D eigenvalue weighted by Gasteiger charge is 2.65. The molecule has 7 heteroatoms. The molecule has 2 aliphatic carbocycles. The maximum atomic E-state index is 11.9. The first-order valence-corrected chi connectivity index (χ1v) is 16.6. The predicted octanol–water partition coefficient (Wildman–Crippen LogP) is 7.97. The van der Waals surface area contributed by atoms with Gasteiger partial charge >= 0.3 is 0 Å². The summed E-state index contributed by atoms with van der Waals surface area (Å²) in [6, 6.07) is 31.8. The minimum Gasteiger partial charge on any atom is -0.318 e. The number of hydrogen-bond donors (Lipinski definition) is 1. The normalized spacial score (nSPS) is 22.7. The van der Waals surface area contributed by atoms with Gasteiger partial charge in [-0.15, -0.1) is 0 Å². The third-order valence-electron chi connectivity index (χ3n) is 8.17. The van der Waals surface area contributed by atoms with E-state index >= 15 is 0 Å². The molecule has 3 aromatic rings. The molecule has 0 heterocycles. The van der Waals surface area contributed by atoms with Crippen molar-refractivity contribution >= 4 is 26.2 Å². The Bertz CT molecular complexity index is 1280. The zero-order valence-corrected chi connectivity index (χ0v) is 25.1. The van der Waals surface area contributed by atoms with Crippen LogP contribution in [-0.2, 0) is 19.1 Å². The molecule has 210 valence electrons. The molecule has 2 bridgehead atoms. The van der Waals surface area contributed by atoms with Gasteiger partial charge in [0, 0.05) is 21.1 Å². The van der Waals surface area contributed by atoms with Gasteiger partial charge in [-0.2, -0.15) is 8.42 Å². The van der Waals surface area contributed by atoms with E-state index in [9.17, 15) is 13.2 Å². The van der Waals surface area contributed by atoms with E-state index in [1.807, 2.05) is 13.8 Å². The number of rotatable bonds is 6. The Hall–Kier alpha value is -2.45. The fraction of sp³-hybridized carbons (Fsp3) is 0.406. The molecule has 2 saturated carbocycles. The van der Waals surface area contributed by atoms with Gasteiger partial charge in [0.15, 0.2) is 0 Å². The molecule has 2 unspecified atom stereocenters. The van der Waals surface area contributed by atoms with Gasteiger partial charge in [0.1, 0.15) is 5.78 Å². The molecule has 0 amide bonds. The molecule has 39 heavy (non-hydrogen) atoms. The van der Waals surface area contributed by atoms with Crippen molar-refractivity contribution in [2.75, 3.05) is 5.75 Å². The van der Waals surface area contributed by atoms with E-state index in [0.717, 1.165) is 6.42 Å². The average Bonchev–Trinajstić information content (AvgIpc) is 3.22. The van der Waals surface area contributed by atoms with Crippen LogP contribution in [0.15, 0.2) is 106 Å².